The minimum atomic E-state index is 0. The zero-order valence-electron chi connectivity index (χ0n) is 10.4. The summed E-state index contributed by atoms with van der Waals surface area (Å²) in [7, 11) is 0. The quantitative estimate of drug-likeness (QED) is 0.471. The van der Waals surface area contributed by atoms with Crippen LogP contribution >= 0.6 is 0 Å². The third-order valence-corrected chi connectivity index (χ3v) is 1.78. The molecule has 2 aromatic heterocycles. The predicted molar refractivity (Wildman–Crippen MR) is 58.2 cm³/mol. The van der Waals surface area contributed by atoms with E-state index in [1.165, 1.54) is 11.4 Å². The number of hydrogen-bond donors (Lipinski definition) is 2. The zero-order valence-corrected chi connectivity index (χ0v) is 14.4. The van der Waals surface area contributed by atoms with Gasteiger partial charge in [0.1, 0.15) is 0 Å². The molecule has 0 spiro atoms. The van der Waals surface area contributed by atoms with Crippen LogP contribution in [-0.4, -0.2) is 9.97 Å². The Labute approximate surface area is 135 Å². The second-order valence-corrected chi connectivity index (χ2v) is 3.44. The van der Waals surface area contributed by atoms with E-state index >= 15 is 0 Å². The van der Waals surface area contributed by atoms with Crippen LogP contribution in [0.1, 0.15) is 22.8 Å². The van der Waals surface area contributed by atoms with Crippen molar-refractivity contribution in [2.75, 3.05) is 0 Å². The molecule has 0 saturated carbocycles. The maximum atomic E-state index is 3.08. The maximum Gasteiger partial charge on any atom is 4.00 e. The summed E-state index contributed by atoms with van der Waals surface area (Å²) in [6.07, 6.45) is 0. The summed E-state index contributed by atoms with van der Waals surface area (Å²) in [6.45, 7) is 8.02. The van der Waals surface area contributed by atoms with Crippen molar-refractivity contribution in [1.29, 1.82) is 0 Å². The first kappa shape index (κ1) is 22.2. The van der Waals surface area contributed by atoms with Crippen LogP contribution in [0.4, 0.5) is 0 Å². The first-order valence-corrected chi connectivity index (χ1v) is 4.65. The summed E-state index contributed by atoms with van der Waals surface area (Å²) in [6, 6.07) is 9.91. The second-order valence-electron chi connectivity index (χ2n) is 3.44. The molecule has 0 atom stereocenters. The maximum absolute atomic E-state index is 3.08. The number of halogens is 2. The van der Waals surface area contributed by atoms with Gasteiger partial charge in [0.05, 0.1) is 0 Å². The van der Waals surface area contributed by atoms with E-state index in [9.17, 15) is 0 Å². The van der Waals surface area contributed by atoms with Crippen LogP contribution in [-0.2, 0) is 26.2 Å². The van der Waals surface area contributed by atoms with Crippen molar-refractivity contribution in [3.8, 4) is 0 Å². The van der Waals surface area contributed by atoms with Crippen molar-refractivity contribution in [2.24, 2.45) is 0 Å². The molecule has 2 rings (SSSR count). The van der Waals surface area contributed by atoms with Crippen LogP contribution in [0.25, 0.3) is 0 Å². The van der Waals surface area contributed by atoms with E-state index in [-0.39, 0.29) is 51.0 Å². The van der Waals surface area contributed by atoms with Crippen LogP contribution < -0.4 is 24.8 Å². The molecule has 5 heteroatoms. The molecule has 0 aromatic carbocycles. The Morgan fingerprint density at radius 3 is 1.12 bits per heavy atom. The summed E-state index contributed by atoms with van der Waals surface area (Å²) in [5.41, 5.74) is 4.57. The van der Waals surface area contributed by atoms with Crippen molar-refractivity contribution in [3.63, 3.8) is 0 Å². The number of nitrogens with one attached hydrogen (secondary N) is 2. The molecule has 0 unspecified atom stereocenters. The Kier molecular flexibility index (Phi) is 14.6. The Bertz CT molecular complexity index is 325. The summed E-state index contributed by atoms with van der Waals surface area (Å²) in [4.78, 5) is 6.17. The van der Waals surface area contributed by atoms with Gasteiger partial charge < -0.3 is 34.8 Å². The third kappa shape index (κ3) is 9.70. The smallest absolute Gasteiger partial charge is 1.00 e. The fourth-order valence-electron chi connectivity index (χ4n) is 1.17. The van der Waals surface area contributed by atoms with Crippen molar-refractivity contribution >= 4 is 0 Å². The van der Waals surface area contributed by atoms with Gasteiger partial charge in [-0.05, 0) is 13.8 Å². The van der Waals surface area contributed by atoms with Crippen LogP contribution in [0.2, 0.25) is 0 Å². The molecular formula is C12H16Cl2N2Zr. The van der Waals surface area contributed by atoms with Gasteiger partial charge in [-0.2, -0.15) is 0 Å². The third-order valence-electron chi connectivity index (χ3n) is 1.78. The summed E-state index contributed by atoms with van der Waals surface area (Å²) >= 11 is 0. The molecule has 0 aliphatic heterocycles. The Morgan fingerprint density at radius 1 is 0.765 bits per heavy atom. The van der Waals surface area contributed by atoms with E-state index in [1.54, 1.807) is 0 Å². The number of rotatable bonds is 0. The second kappa shape index (κ2) is 11.1. The van der Waals surface area contributed by atoms with Gasteiger partial charge in [0, 0.05) is 0 Å². The van der Waals surface area contributed by atoms with Crippen LogP contribution in [0.5, 0.6) is 0 Å². The minimum absolute atomic E-state index is 0. The monoisotopic (exact) mass is 348 g/mol. The van der Waals surface area contributed by atoms with Crippen molar-refractivity contribution in [3.05, 3.63) is 47.0 Å². The fraction of sp³-hybridized carbons (Fsp3) is 0.333. The summed E-state index contributed by atoms with van der Waals surface area (Å²) in [5, 5.41) is 0. The van der Waals surface area contributed by atoms with E-state index in [0.29, 0.717) is 0 Å². The standard InChI is InChI=1S/2C6H8N.2ClH.Zr/c2*1-5-3-4-6(2)7-5;;;/h2*3,7H,1-2H3;2*1H;/q2*-1;;;+4/p-2. The van der Waals surface area contributed by atoms with Gasteiger partial charge in [-0.25, -0.2) is 24.3 Å². The Balaban J connectivity index is -0.000000196. The SMILES string of the molecule is Cc1[c-]cc(C)[nH]1.Cc1[c-]cc(C)[nH]1.[Cl-].[Cl-].[Zr+4]. The first-order chi connectivity index (χ1) is 6.58. The molecule has 0 amide bonds. The molecule has 2 nitrogen and oxygen atoms in total. The van der Waals surface area contributed by atoms with Crippen molar-refractivity contribution in [2.45, 2.75) is 27.7 Å². The van der Waals surface area contributed by atoms with Crippen LogP contribution in [0, 0.1) is 39.8 Å². The zero-order chi connectivity index (χ0) is 10.6. The minimum Gasteiger partial charge on any atom is -1.00 e. The molecule has 0 radical (unpaired) electrons. The van der Waals surface area contributed by atoms with Crippen LogP contribution in [0.15, 0.2) is 12.1 Å². The van der Waals surface area contributed by atoms with E-state index in [2.05, 4.69) is 22.1 Å². The Hall–Kier alpha value is 0.0231. The molecule has 2 heterocycles. The first-order valence-electron chi connectivity index (χ1n) is 4.65. The summed E-state index contributed by atoms with van der Waals surface area (Å²) < 4.78 is 0. The molecule has 0 aliphatic rings. The topological polar surface area (TPSA) is 31.6 Å². The van der Waals surface area contributed by atoms with Gasteiger partial charge in [-0.3, -0.25) is 0 Å². The molecule has 0 aliphatic carbocycles. The molecule has 92 valence electrons. The van der Waals surface area contributed by atoms with E-state index < -0.39 is 0 Å². The van der Waals surface area contributed by atoms with Gasteiger partial charge in [-0.15, -0.1) is 11.4 Å². The summed E-state index contributed by atoms with van der Waals surface area (Å²) in [5.74, 6) is 0. The van der Waals surface area contributed by atoms with Gasteiger partial charge >= 0.3 is 26.2 Å². The molecular weight excluding hydrogens is 334 g/mol. The van der Waals surface area contributed by atoms with Crippen molar-refractivity contribution < 1.29 is 51.0 Å². The van der Waals surface area contributed by atoms with Gasteiger partial charge in [0.25, 0.3) is 0 Å². The molecule has 0 bridgehead atoms. The molecule has 17 heavy (non-hydrogen) atoms. The number of H-pyrrole nitrogens is 2. The van der Waals surface area contributed by atoms with Gasteiger partial charge in [0.2, 0.25) is 0 Å². The largest absolute Gasteiger partial charge is 4.00 e. The van der Waals surface area contributed by atoms with E-state index in [0.717, 1.165) is 11.4 Å². The van der Waals surface area contributed by atoms with Crippen molar-refractivity contribution in [1.82, 2.24) is 9.97 Å². The molecule has 2 N–H and O–H groups in total. The number of hydrogen-bond acceptors (Lipinski definition) is 0. The van der Waals surface area contributed by atoms with E-state index in [4.69, 9.17) is 0 Å². The normalized spacial score (nSPS) is 7.76. The fourth-order valence-corrected chi connectivity index (χ4v) is 1.17. The number of aromatic nitrogens is 2. The average molecular weight is 350 g/mol. The van der Waals surface area contributed by atoms with Gasteiger partial charge in [-0.1, -0.05) is 25.2 Å². The molecule has 2 aromatic rings. The molecule has 0 fully saturated rings. The molecule has 0 saturated heterocycles. The number of aromatic amines is 2. The van der Waals surface area contributed by atoms with Crippen LogP contribution in [0.3, 0.4) is 0 Å². The number of aryl methyl sites for hydroxylation is 4. The average Bonchev–Trinajstić information content (AvgIpc) is 2.63. The van der Waals surface area contributed by atoms with E-state index in [1.807, 2.05) is 39.8 Å². The Morgan fingerprint density at radius 2 is 1.06 bits per heavy atom. The predicted octanol–water partition coefficient (Wildman–Crippen LogP) is -3.13. The van der Waals surface area contributed by atoms with Gasteiger partial charge in [0.15, 0.2) is 0 Å².